The maximum atomic E-state index is 11.9. The third-order valence-corrected chi connectivity index (χ3v) is 8.65. The molecule has 5 unspecified atom stereocenters. The van der Waals surface area contributed by atoms with E-state index < -0.39 is 117 Å². The number of nitrogens with zero attached hydrogens (tertiary/aromatic N) is 3. The SMILES string of the molecule is CC[C@@H](O)[C@@H](O)C1O[C@](C)(O[C@@H]2C(O)[C@H](O[C@@H]3C(C)[C@@H](OCCCN=[N+]=[N-])OC(CO)[C@H]3O)OC(CO)[C@@H]2O)C[C@@H](O)[C@H]1NC(C)=O. The van der Waals surface area contributed by atoms with Crippen LogP contribution in [0.5, 0.6) is 0 Å². The van der Waals surface area contributed by atoms with E-state index in [2.05, 4.69) is 15.3 Å². The highest BCUT2D eigenvalue weighted by molar-refractivity contribution is 5.73. The highest BCUT2D eigenvalue weighted by atomic mass is 16.7. The number of ether oxygens (including phenoxy) is 6. The first kappa shape index (κ1) is 39.7. The van der Waals surface area contributed by atoms with Crippen molar-refractivity contribution in [3.63, 3.8) is 0 Å². The fourth-order valence-electron chi connectivity index (χ4n) is 6.09. The van der Waals surface area contributed by atoms with E-state index in [9.17, 15) is 45.6 Å². The van der Waals surface area contributed by atoms with Gasteiger partial charge in [0.25, 0.3) is 0 Å². The topological polar surface area (TPSA) is 295 Å². The lowest BCUT2D eigenvalue weighted by Gasteiger charge is -2.51. The number of carbonyl (C=O) groups excluding carboxylic acids is 1. The van der Waals surface area contributed by atoms with E-state index in [-0.39, 0.29) is 26.0 Å². The van der Waals surface area contributed by atoms with Crippen LogP contribution in [0.15, 0.2) is 5.11 Å². The predicted octanol–water partition coefficient (Wildman–Crippen LogP) is -2.87. The molecule has 19 nitrogen and oxygen atoms in total. The Bertz CT molecular complexity index is 1040. The molecule has 3 rings (SSSR count). The van der Waals surface area contributed by atoms with Gasteiger partial charge < -0.3 is 74.6 Å². The molecule has 0 aromatic carbocycles. The molecule has 272 valence electrons. The Morgan fingerprint density at radius 2 is 1.68 bits per heavy atom. The quantitative estimate of drug-likeness (QED) is 0.0363. The van der Waals surface area contributed by atoms with Gasteiger partial charge >= 0.3 is 0 Å². The van der Waals surface area contributed by atoms with E-state index in [1.807, 2.05) is 0 Å². The lowest BCUT2D eigenvalue weighted by Crippen LogP contribution is -2.68. The minimum Gasteiger partial charge on any atom is -0.394 e. The zero-order chi connectivity index (χ0) is 35.1. The number of aliphatic hydroxyl groups is 8. The number of hydrogen-bond donors (Lipinski definition) is 9. The van der Waals surface area contributed by atoms with Crippen LogP contribution >= 0.6 is 0 Å². The molecule has 47 heavy (non-hydrogen) atoms. The van der Waals surface area contributed by atoms with Gasteiger partial charge in [0.05, 0.1) is 37.6 Å². The van der Waals surface area contributed by atoms with Crippen molar-refractivity contribution in [2.24, 2.45) is 11.0 Å². The second kappa shape index (κ2) is 17.7. The molecule has 1 amide bonds. The molecule has 19 heteroatoms. The van der Waals surface area contributed by atoms with Crippen molar-refractivity contribution in [1.82, 2.24) is 5.32 Å². The summed E-state index contributed by atoms with van der Waals surface area (Å²) in [5, 5.41) is 91.4. The van der Waals surface area contributed by atoms with Gasteiger partial charge in [-0.1, -0.05) is 19.0 Å². The average Bonchev–Trinajstić information content (AvgIpc) is 3.03. The summed E-state index contributed by atoms with van der Waals surface area (Å²) in [5.41, 5.74) is 8.45. The summed E-state index contributed by atoms with van der Waals surface area (Å²) in [6, 6.07) is -1.14. The number of hydrogen-bond acceptors (Lipinski definition) is 16. The van der Waals surface area contributed by atoms with E-state index >= 15 is 0 Å². The molecular weight excluding hydrogens is 632 g/mol. The van der Waals surface area contributed by atoms with Gasteiger partial charge in [-0.15, -0.1) is 0 Å². The van der Waals surface area contributed by atoms with E-state index in [0.29, 0.717) is 6.42 Å². The first-order valence-electron chi connectivity index (χ1n) is 15.7. The summed E-state index contributed by atoms with van der Waals surface area (Å²) in [6.07, 6.45) is -18.2. The maximum absolute atomic E-state index is 11.9. The van der Waals surface area contributed by atoms with Crippen molar-refractivity contribution in [3.05, 3.63) is 10.4 Å². The summed E-state index contributed by atoms with van der Waals surface area (Å²) in [4.78, 5) is 14.5. The van der Waals surface area contributed by atoms with Gasteiger partial charge in [-0.2, -0.15) is 0 Å². The molecule has 0 saturated carbocycles. The van der Waals surface area contributed by atoms with E-state index in [1.165, 1.54) is 13.8 Å². The zero-order valence-corrected chi connectivity index (χ0v) is 26.9. The number of nitrogens with one attached hydrogen (secondary N) is 1. The third kappa shape index (κ3) is 9.68. The molecule has 16 atom stereocenters. The first-order valence-corrected chi connectivity index (χ1v) is 15.7. The minimum atomic E-state index is -1.83. The molecular formula is C28H50N4O15. The van der Waals surface area contributed by atoms with Gasteiger partial charge in [0.15, 0.2) is 18.4 Å². The van der Waals surface area contributed by atoms with Gasteiger partial charge in [0.1, 0.15) is 48.8 Å². The second-order valence-electron chi connectivity index (χ2n) is 12.3. The summed E-state index contributed by atoms with van der Waals surface area (Å²) in [5.74, 6) is -3.07. The largest absolute Gasteiger partial charge is 0.394 e. The Kier molecular flexibility index (Phi) is 15.0. The molecule has 0 bridgehead atoms. The Labute approximate surface area is 271 Å². The fourth-order valence-corrected chi connectivity index (χ4v) is 6.09. The Hall–Kier alpha value is -1.78. The van der Waals surface area contributed by atoms with Gasteiger partial charge in [0.2, 0.25) is 5.91 Å². The van der Waals surface area contributed by atoms with Crippen LogP contribution in [0.25, 0.3) is 10.4 Å². The number of carbonyl (C=O) groups is 1. The van der Waals surface area contributed by atoms with Crippen molar-refractivity contribution in [2.75, 3.05) is 26.4 Å². The standard InChI is InChI=1S/C28H50N4O15/c1-5-14(36)19(38)24-18(31-13(3)35)15(37)9-28(4,46-24)47-25-21(40)17(11-34)44-27(22(25)41)45-23-12(2)26(42-8-6-7-30-32-29)43-16(10-33)20(23)39/h12,14-27,33-34,36-41H,5-11H2,1-4H3,(H,31,35)/t12?,14-,15-,16?,17?,18-,19-,20-,21+,22?,23-,24?,25+,26+,27+,28-/m1/s1. The van der Waals surface area contributed by atoms with Crippen LogP contribution in [0, 0.1) is 5.92 Å². The van der Waals surface area contributed by atoms with Crippen LogP contribution in [0.4, 0.5) is 0 Å². The number of aliphatic hydroxyl groups excluding tert-OH is 8. The lowest BCUT2D eigenvalue weighted by atomic mass is 9.88. The van der Waals surface area contributed by atoms with Gasteiger partial charge in [-0.25, -0.2) is 0 Å². The van der Waals surface area contributed by atoms with Crippen LogP contribution in [0.1, 0.15) is 47.0 Å². The predicted molar refractivity (Wildman–Crippen MR) is 157 cm³/mol. The zero-order valence-electron chi connectivity index (χ0n) is 26.9. The summed E-state index contributed by atoms with van der Waals surface area (Å²) < 4.78 is 35.2. The van der Waals surface area contributed by atoms with Crippen molar-refractivity contribution >= 4 is 5.91 Å². The molecule has 3 saturated heterocycles. The van der Waals surface area contributed by atoms with Gasteiger partial charge in [-0.3, -0.25) is 4.79 Å². The van der Waals surface area contributed by atoms with Crippen LogP contribution in [-0.4, -0.2) is 165 Å². The number of azide groups is 1. The minimum absolute atomic E-state index is 0.116. The normalized spacial score (nSPS) is 42.3. The smallest absolute Gasteiger partial charge is 0.217 e. The van der Waals surface area contributed by atoms with Crippen LogP contribution in [-0.2, 0) is 33.2 Å². The molecule has 0 aromatic rings. The highest BCUT2D eigenvalue weighted by Crippen LogP contribution is 2.38. The van der Waals surface area contributed by atoms with Crippen LogP contribution in [0.3, 0.4) is 0 Å². The van der Waals surface area contributed by atoms with Crippen molar-refractivity contribution in [3.8, 4) is 0 Å². The second-order valence-corrected chi connectivity index (χ2v) is 12.3. The lowest BCUT2D eigenvalue weighted by molar-refractivity contribution is -0.386. The van der Waals surface area contributed by atoms with Crippen molar-refractivity contribution in [2.45, 2.75) is 139 Å². The molecule has 0 radical (unpaired) electrons. The van der Waals surface area contributed by atoms with Crippen LogP contribution in [0.2, 0.25) is 0 Å². The first-order chi connectivity index (χ1) is 22.2. The summed E-state index contributed by atoms with van der Waals surface area (Å²) >= 11 is 0. The van der Waals surface area contributed by atoms with Gasteiger partial charge in [0, 0.05) is 37.3 Å². The number of amides is 1. The fraction of sp³-hybridized carbons (Fsp3) is 0.964. The van der Waals surface area contributed by atoms with Crippen molar-refractivity contribution < 1.29 is 74.1 Å². The van der Waals surface area contributed by atoms with E-state index in [4.69, 9.17) is 34.0 Å². The highest BCUT2D eigenvalue weighted by Gasteiger charge is 2.55. The third-order valence-electron chi connectivity index (χ3n) is 8.65. The summed E-state index contributed by atoms with van der Waals surface area (Å²) in [6.45, 7) is 4.75. The van der Waals surface area contributed by atoms with E-state index in [1.54, 1.807) is 13.8 Å². The molecule has 3 heterocycles. The van der Waals surface area contributed by atoms with Crippen molar-refractivity contribution in [1.29, 1.82) is 0 Å². The Morgan fingerprint density at radius 1 is 1.06 bits per heavy atom. The number of rotatable bonds is 15. The molecule has 9 N–H and O–H groups in total. The maximum Gasteiger partial charge on any atom is 0.217 e. The molecule has 0 aliphatic carbocycles. The van der Waals surface area contributed by atoms with Crippen LogP contribution < -0.4 is 5.32 Å². The molecule has 3 aliphatic heterocycles. The molecule has 0 spiro atoms. The molecule has 3 fully saturated rings. The molecule has 3 aliphatic rings. The Balaban J connectivity index is 1.82. The Morgan fingerprint density at radius 3 is 2.26 bits per heavy atom. The summed E-state index contributed by atoms with van der Waals surface area (Å²) in [7, 11) is 0. The van der Waals surface area contributed by atoms with Gasteiger partial charge in [-0.05, 0) is 25.3 Å². The monoisotopic (exact) mass is 682 g/mol. The average molecular weight is 683 g/mol. The van der Waals surface area contributed by atoms with E-state index in [0.717, 1.165) is 0 Å². The molecule has 0 aromatic heterocycles.